The van der Waals surface area contributed by atoms with E-state index < -0.39 is 48.5 Å². The Kier molecular flexibility index (Phi) is 15.2. The van der Waals surface area contributed by atoms with E-state index in [2.05, 4.69) is 106 Å². The lowest BCUT2D eigenvalue weighted by atomic mass is 9.59. The fraction of sp³-hybridized carbons (Fsp3) is 0.439. The van der Waals surface area contributed by atoms with E-state index in [1.165, 1.54) is 34.5 Å². The van der Waals surface area contributed by atoms with E-state index in [9.17, 15) is 23.3 Å². The number of carbonyl (C=O) groups excluding carboxylic acids is 1. The molecule has 16 nitrogen and oxygen atoms in total. The van der Waals surface area contributed by atoms with E-state index in [-0.39, 0.29) is 66.9 Å². The molecule has 1 aliphatic carbocycles. The number of hydrogen-bond donors (Lipinski definition) is 3. The number of ether oxygens (including phenoxy) is 2. The monoisotopic (exact) mass is 1060 g/mol. The summed E-state index contributed by atoms with van der Waals surface area (Å²) in [4.78, 5) is 41.8. The summed E-state index contributed by atoms with van der Waals surface area (Å²) in [7, 11) is -0.609. The number of nitro benzene ring substituents is 1. The van der Waals surface area contributed by atoms with Crippen molar-refractivity contribution >= 4 is 44.0 Å². The second-order valence-corrected chi connectivity index (χ2v) is 23.5. The number of hydrogen-bond acceptors (Lipinski definition) is 13. The van der Waals surface area contributed by atoms with Gasteiger partial charge in [-0.25, -0.2) is 26.9 Å². The average molecular weight is 1060 g/mol. The number of anilines is 2. The van der Waals surface area contributed by atoms with Crippen LogP contribution < -0.4 is 19.7 Å². The van der Waals surface area contributed by atoms with Crippen molar-refractivity contribution < 1.29 is 36.4 Å². The van der Waals surface area contributed by atoms with Gasteiger partial charge >= 0.3 is 0 Å². The maximum atomic E-state index is 16.6. The Hall–Kier alpha value is -6.51. The van der Waals surface area contributed by atoms with Crippen LogP contribution >= 0.6 is 0 Å². The van der Waals surface area contributed by atoms with Crippen LogP contribution in [0.3, 0.4) is 0 Å². The summed E-state index contributed by atoms with van der Waals surface area (Å²) in [5, 5.41) is 15.6. The molecule has 2 aromatic heterocycles. The number of carbonyl (C=O) groups is 1. The van der Waals surface area contributed by atoms with Crippen molar-refractivity contribution in [2.75, 3.05) is 76.8 Å². The van der Waals surface area contributed by atoms with E-state index in [1.54, 1.807) is 18.3 Å². The Bertz CT molecular complexity index is 3190. The molecule has 3 aliphatic heterocycles. The number of aromatic amines is 1. The Morgan fingerprint density at radius 3 is 2.42 bits per heavy atom. The largest absolute Gasteiger partial charge is 0.455 e. The van der Waals surface area contributed by atoms with Gasteiger partial charge in [-0.05, 0) is 104 Å². The van der Waals surface area contributed by atoms with E-state index in [0.29, 0.717) is 36.1 Å². The number of sulfonamides is 1. The van der Waals surface area contributed by atoms with E-state index in [4.69, 9.17) is 9.47 Å². The molecule has 3 N–H and O–H groups in total. The van der Waals surface area contributed by atoms with Gasteiger partial charge in [-0.15, -0.1) is 0 Å². The minimum absolute atomic E-state index is 0.0966. The highest BCUT2D eigenvalue weighted by molar-refractivity contribution is 7.90. The van der Waals surface area contributed by atoms with Crippen LogP contribution in [0.2, 0.25) is 0 Å². The number of aromatic nitrogens is 2. The number of pyridine rings is 1. The van der Waals surface area contributed by atoms with Crippen molar-refractivity contribution in [1.82, 2.24) is 29.4 Å². The van der Waals surface area contributed by atoms with E-state index in [1.807, 2.05) is 9.62 Å². The van der Waals surface area contributed by atoms with Crippen LogP contribution in [0, 0.1) is 21.3 Å². The molecule has 3 saturated heterocycles. The number of halogens is 2. The minimum Gasteiger partial charge on any atom is -0.455 e. The summed E-state index contributed by atoms with van der Waals surface area (Å²) in [5.74, 6) is -1.47. The summed E-state index contributed by atoms with van der Waals surface area (Å²) in [6.07, 6.45) is 7.12. The molecule has 19 heteroatoms. The number of amides is 1. The molecule has 1 spiro atoms. The number of piperidine rings is 1. The average Bonchev–Trinajstić information content (AvgIpc) is 3.91. The van der Waals surface area contributed by atoms with Crippen LogP contribution in [-0.2, 0) is 27.8 Å². The zero-order valence-electron chi connectivity index (χ0n) is 43.6. The molecule has 402 valence electrons. The van der Waals surface area contributed by atoms with Crippen molar-refractivity contribution in [3.63, 3.8) is 0 Å². The number of piperazine rings is 1. The predicted octanol–water partition coefficient (Wildman–Crippen LogP) is 9.94. The molecular formula is C57H67F2N9O7S. The van der Waals surface area contributed by atoms with Crippen molar-refractivity contribution in [2.45, 2.75) is 94.0 Å². The Balaban J connectivity index is 0.845. The third kappa shape index (κ3) is 11.6. The molecule has 0 bridgehead atoms. The van der Waals surface area contributed by atoms with Crippen molar-refractivity contribution in [1.29, 1.82) is 0 Å². The normalized spacial score (nSPS) is 19.3. The summed E-state index contributed by atoms with van der Waals surface area (Å²) in [6.45, 7) is 10.5. The number of alkyl halides is 1. The van der Waals surface area contributed by atoms with Crippen molar-refractivity contribution in [3.8, 4) is 11.5 Å². The lowest BCUT2D eigenvalue weighted by molar-refractivity contribution is -0.384. The van der Waals surface area contributed by atoms with Gasteiger partial charge in [-0.2, -0.15) is 0 Å². The summed E-state index contributed by atoms with van der Waals surface area (Å²) < 4.78 is 73.0. The molecule has 1 atom stereocenters. The minimum atomic E-state index is -4.78. The van der Waals surface area contributed by atoms with Gasteiger partial charge in [0.05, 0.1) is 27.3 Å². The Labute approximate surface area is 443 Å². The summed E-state index contributed by atoms with van der Waals surface area (Å²) in [6, 6.07) is 27.5. The number of nitro groups is 1. The van der Waals surface area contributed by atoms with Crippen molar-refractivity contribution in [3.05, 3.63) is 147 Å². The first-order valence-electron chi connectivity index (χ1n) is 26.3. The lowest BCUT2D eigenvalue weighted by Gasteiger charge is -2.58. The predicted molar refractivity (Wildman–Crippen MR) is 289 cm³/mol. The fourth-order valence-corrected chi connectivity index (χ4v) is 12.7. The van der Waals surface area contributed by atoms with E-state index >= 15 is 8.78 Å². The molecule has 4 aliphatic rings. The standard InChI is InChI=1S/C57H67F2N9O7S/c1-38(2)45-7-5-6-8-46(45)52-36-65(35-40-11-9-39(10-12-40)34-64(3)4)23-24-67(52)42-31-56(32-42)16-21-66(22-17-56)50-30-53(75-43-27-41-15-20-60-54(41)61-33-43)47(29-48(50)58)55(69)63-76(72,73)44-13-14-49(51(28-44)68(70)71)62-37-57(59)18-25-74-26-19-57/h5-15,20,27-30,33,38,42,52,62H,16-19,21-26,31-32,34-37H2,1-4H3,(H,60,61)(H,63,69)/t52-/m0/s1. The molecule has 0 radical (unpaired) electrons. The first kappa shape index (κ1) is 52.9. The van der Waals surface area contributed by atoms with Gasteiger partial charge in [0.25, 0.3) is 21.6 Å². The number of nitrogens with one attached hydrogen (secondary N) is 3. The molecule has 0 unspecified atom stereocenters. The summed E-state index contributed by atoms with van der Waals surface area (Å²) in [5.41, 5.74) is 3.49. The third-order valence-corrected chi connectivity index (χ3v) is 17.3. The Morgan fingerprint density at radius 2 is 1.70 bits per heavy atom. The molecule has 76 heavy (non-hydrogen) atoms. The lowest BCUT2D eigenvalue weighted by Crippen LogP contribution is -2.60. The fourth-order valence-electron chi connectivity index (χ4n) is 11.8. The molecule has 5 heterocycles. The first-order chi connectivity index (χ1) is 36.4. The smallest absolute Gasteiger partial charge is 0.293 e. The zero-order valence-corrected chi connectivity index (χ0v) is 44.4. The third-order valence-electron chi connectivity index (χ3n) is 16.0. The number of H-pyrrole nitrogens is 1. The van der Waals surface area contributed by atoms with Gasteiger partial charge in [0.2, 0.25) is 0 Å². The number of benzene rings is 4. The number of fused-ring (bicyclic) bond motifs is 1. The first-order valence-corrected chi connectivity index (χ1v) is 27.8. The van der Waals surface area contributed by atoms with E-state index in [0.717, 1.165) is 82.7 Å². The van der Waals surface area contributed by atoms with Gasteiger partial charge in [-0.3, -0.25) is 24.7 Å². The van der Waals surface area contributed by atoms with Crippen LogP contribution in [0.5, 0.6) is 11.5 Å². The SMILES string of the molecule is CC(C)c1ccccc1[C@@H]1CN(Cc2ccc(CN(C)C)cc2)CCN1C1CC2(CCN(c3cc(Oc4cnc5[nH]ccc5c4)c(C(=O)NS(=O)(=O)c4ccc(NCC5(F)CCOCC5)c([N+](=O)[O-])c4)cc3F)CC2)C1. The maximum absolute atomic E-state index is 16.6. The molecule has 1 amide bonds. The summed E-state index contributed by atoms with van der Waals surface area (Å²) >= 11 is 0. The van der Waals surface area contributed by atoms with Gasteiger partial charge in [0.1, 0.15) is 34.3 Å². The van der Waals surface area contributed by atoms with Gasteiger partial charge < -0.3 is 29.6 Å². The molecule has 6 aromatic rings. The van der Waals surface area contributed by atoms with Crippen LogP contribution in [0.4, 0.5) is 25.8 Å². The topological polar surface area (TPSA) is 179 Å². The zero-order chi connectivity index (χ0) is 53.4. The van der Waals surface area contributed by atoms with Crippen molar-refractivity contribution in [2.24, 2.45) is 5.41 Å². The highest BCUT2D eigenvalue weighted by Crippen LogP contribution is 2.54. The second-order valence-electron chi connectivity index (χ2n) is 21.9. The molecule has 1 saturated carbocycles. The molecule has 4 aromatic carbocycles. The highest BCUT2D eigenvalue weighted by atomic mass is 32.2. The number of rotatable bonds is 17. The quantitative estimate of drug-likeness (QED) is 0.0581. The van der Waals surface area contributed by atoms with Gasteiger partial charge in [0, 0.05) is 114 Å². The van der Waals surface area contributed by atoms with Gasteiger partial charge in [-0.1, -0.05) is 62.4 Å². The maximum Gasteiger partial charge on any atom is 0.293 e. The van der Waals surface area contributed by atoms with Crippen LogP contribution in [0.25, 0.3) is 11.0 Å². The Morgan fingerprint density at radius 1 is 0.961 bits per heavy atom. The molecule has 4 fully saturated rings. The second kappa shape index (κ2) is 21.8. The number of nitrogens with zero attached hydrogens (tertiary/aromatic N) is 6. The molecular weight excluding hydrogens is 993 g/mol. The van der Waals surface area contributed by atoms with Gasteiger partial charge in [0.15, 0.2) is 0 Å². The highest BCUT2D eigenvalue weighted by Gasteiger charge is 2.50. The molecule has 10 rings (SSSR count). The van der Waals surface area contributed by atoms with Crippen LogP contribution in [0.15, 0.2) is 108 Å². The van der Waals surface area contributed by atoms with Crippen LogP contribution in [0.1, 0.15) is 96.9 Å². The van der Waals surface area contributed by atoms with Crippen LogP contribution in [-0.4, -0.2) is 122 Å².